The normalized spacial score (nSPS) is 12.2. The molecule has 0 aliphatic heterocycles. The van der Waals surface area contributed by atoms with Gasteiger partial charge in [-0.15, -0.1) is 11.8 Å². The third-order valence-electron chi connectivity index (χ3n) is 4.57. The Morgan fingerprint density at radius 3 is 2.39 bits per heavy atom. The molecule has 0 aliphatic rings. The first-order valence-electron chi connectivity index (χ1n) is 9.84. The van der Waals surface area contributed by atoms with Crippen molar-refractivity contribution in [2.24, 2.45) is 0 Å². The monoisotopic (exact) mass is 477 g/mol. The van der Waals surface area contributed by atoms with Crippen molar-refractivity contribution in [1.82, 2.24) is 4.98 Å². The molecule has 4 nitrogen and oxygen atoms in total. The topological polar surface area (TPSA) is 59.4 Å². The largest absolute Gasteiger partial charge is 0.491 e. The van der Waals surface area contributed by atoms with E-state index in [0.717, 1.165) is 11.6 Å². The second kappa shape index (κ2) is 11.0. The highest BCUT2D eigenvalue weighted by molar-refractivity contribution is 7.99. The second-order valence-corrected chi connectivity index (χ2v) is 8.28. The van der Waals surface area contributed by atoms with Crippen molar-refractivity contribution in [3.63, 3.8) is 0 Å². The minimum absolute atomic E-state index is 0.147. The van der Waals surface area contributed by atoms with Crippen LogP contribution in [0.1, 0.15) is 29.1 Å². The first-order chi connectivity index (χ1) is 15.8. The number of benzene rings is 2. The molecule has 1 heterocycles. The summed E-state index contributed by atoms with van der Waals surface area (Å²) in [7, 11) is 0. The van der Waals surface area contributed by atoms with E-state index in [9.17, 15) is 22.4 Å². The lowest BCUT2D eigenvalue weighted by atomic mass is 10.2. The van der Waals surface area contributed by atoms with Crippen LogP contribution in [-0.4, -0.2) is 22.7 Å². The van der Waals surface area contributed by atoms with Gasteiger partial charge in [-0.05, 0) is 30.7 Å². The van der Waals surface area contributed by atoms with Crippen LogP contribution in [0.2, 0.25) is 0 Å². The molecular formula is C24H19F4NO3S. The zero-order chi connectivity index (χ0) is 24.0. The molecular weight excluding hydrogens is 458 g/mol. The van der Waals surface area contributed by atoms with Gasteiger partial charge in [0.1, 0.15) is 11.4 Å². The zero-order valence-electron chi connectivity index (χ0n) is 17.4. The van der Waals surface area contributed by atoms with Crippen molar-refractivity contribution in [3.8, 4) is 5.75 Å². The van der Waals surface area contributed by atoms with Crippen LogP contribution in [0.15, 0.2) is 59.5 Å². The van der Waals surface area contributed by atoms with E-state index in [1.54, 1.807) is 19.1 Å². The highest BCUT2D eigenvalue weighted by atomic mass is 32.2. The lowest BCUT2D eigenvalue weighted by molar-refractivity contribution is -0.131. The number of carbonyl (C=O) groups is 1. The van der Waals surface area contributed by atoms with E-state index in [1.165, 1.54) is 6.08 Å². The molecule has 172 valence electrons. The zero-order valence-corrected chi connectivity index (χ0v) is 18.2. The molecule has 0 aliphatic carbocycles. The van der Waals surface area contributed by atoms with E-state index < -0.39 is 39.4 Å². The molecule has 1 atom stereocenters. The van der Waals surface area contributed by atoms with Gasteiger partial charge in [-0.3, -0.25) is 0 Å². The summed E-state index contributed by atoms with van der Waals surface area (Å²) >= 11 is 0.559. The quantitative estimate of drug-likeness (QED) is 0.172. The molecule has 0 fully saturated rings. The fourth-order valence-corrected chi connectivity index (χ4v) is 3.92. The summed E-state index contributed by atoms with van der Waals surface area (Å²) in [5.74, 6) is -6.85. The fraction of sp³-hybridized carbons (Fsp3) is 0.167. The molecule has 1 aromatic heterocycles. The van der Waals surface area contributed by atoms with Gasteiger partial charge in [-0.1, -0.05) is 30.3 Å². The van der Waals surface area contributed by atoms with Gasteiger partial charge in [0.25, 0.3) is 0 Å². The SMILES string of the molecule is CC(Sc1c(F)c(F)cc(F)c1F)c1ccc(OCCc2ccccc2)c(C=CC(=O)O)n1. The number of halogens is 4. The van der Waals surface area contributed by atoms with Crippen molar-refractivity contribution in [1.29, 1.82) is 0 Å². The highest BCUT2D eigenvalue weighted by Crippen LogP contribution is 2.39. The Hall–Kier alpha value is -3.33. The number of thioether (sulfide) groups is 1. The predicted octanol–water partition coefficient (Wildman–Crippen LogP) is 6.21. The van der Waals surface area contributed by atoms with Crippen LogP contribution in [0.25, 0.3) is 6.08 Å². The van der Waals surface area contributed by atoms with Crippen molar-refractivity contribution in [3.05, 3.63) is 94.8 Å². The average Bonchev–Trinajstić information content (AvgIpc) is 2.80. The summed E-state index contributed by atoms with van der Waals surface area (Å²) in [5.41, 5.74) is 1.56. The van der Waals surface area contributed by atoms with E-state index in [-0.39, 0.29) is 11.8 Å². The molecule has 9 heteroatoms. The van der Waals surface area contributed by atoms with E-state index >= 15 is 0 Å². The van der Waals surface area contributed by atoms with Crippen LogP contribution >= 0.6 is 11.8 Å². The third-order valence-corrected chi connectivity index (χ3v) is 5.75. The maximum Gasteiger partial charge on any atom is 0.328 e. The Labute approximate surface area is 191 Å². The first kappa shape index (κ1) is 24.3. The maximum absolute atomic E-state index is 14.0. The van der Waals surface area contributed by atoms with E-state index in [2.05, 4.69) is 4.98 Å². The predicted molar refractivity (Wildman–Crippen MR) is 117 cm³/mol. The summed E-state index contributed by atoms with van der Waals surface area (Å²) < 4.78 is 60.9. The van der Waals surface area contributed by atoms with Gasteiger partial charge in [-0.25, -0.2) is 27.3 Å². The summed E-state index contributed by atoms with van der Waals surface area (Å²) in [5, 5.41) is 8.25. The minimum atomic E-state index is -1.50. The molecule has 0 saturated carbocycles. The molecule has 1 unspecified atom stereocenters. The number of nitrogens with zero attached hydrogens (tertiary/aromatic N) is 1. The molecule has 2 aromatic carbocycles. The number of carboxylic acid groups (broad SMARTS) is 1. The number of ether oxygens (including phenoxy) is 1. The number of hydrogen-bond acceptors (Lipinski definition) is 4. The van der Waals surface area contributed by atoms with Gasteiger partial charge in [0.15, 0.2) is 23.3 Å². The Bertz CT molecular complexity index is 1150. The molecule has 0 bridgehead atoms. The van der Waals surface area contributed by atoms with E-state index in [0.29, 0.717) is 36.2 Å². The third kappa shape index (κ3) is 6.35. The molecule has 0 spiro atoms. The number of carboxylic acids is 1. The summed E-state index contributed by atoms with van der Waals surface area (Å²) in [6, 6.07) is 12.9. The molecule has 1 N–H and O–H groups in total. The number of aliphatic carboxylic acids is 1. The van der Waals surface area contributed by atoms with Crippen molar-refractivity contribution < 1.29 is 32.2 Å². The van der Waals surface area contributed by atoms with Gasteiger partial charge in [0.05, 0.1) is 17.2 Å². The number of aromatic nitrogens is 1. The Kier molecular flexibility index (Phi) is 8.11. The lowest BCUT2D eigenvalue weighted by Gasteiger charge is -2.15. The van der Waals surface area contributed by atoms with Crippen LogP contribution in [0.5, 0.6) is 5.75 Å². The number of rotatable bonds is 9. The van der Waals surface area contributed by atoms with E-state index in [4.69, 9.17) is 9.84 Å². The van der Waals surface area contributed by atoms with E-state index in [1.807, 2.05) is 30.3 Å². The Balaban J connectivity index is 1.82. The molecule has 3 aromatic rings. The van der Waals surface area contributed by atoms with Crippen molar-refractivity contribution >= 4 is 23.8 Å². The summed E-state index contributed by atoms with van der Waals surface area (Å²) in [6.07, 6.45) is 2.74. The van der Waals surface area contributed by atoms with Crippen molar-refractivity contribution in [2.75, 3.05) is 6.61 Å². The minimum Gasteiger partial charge on any atom is -0.491 e. The number of pyridine rings is 1. The fourth-order valence-electron chi connectivity index (χ4n) is 2.91. The molecule has 0 amide bonds. The second-order valence-electron chi connectivity index (χ2n) is 6.93. The molecule has 0 saturated heterocycles. The first-order valence-corrected chi connectivity index (χ1v) is 10.7. The van der Waals surface area contributed by atoms with Gasteiger partial charge < -0.3 is 9.84 Å². The highest BCUT2D eigenvalue weighted by Gasteiger charge is 2.23. The summed E-state index contributed by atoms with van der Waals surface area (Å²) in [4.78, 5) is 14.5. The number of hydrogen-bond donors (Lipinski definition) is 1. The Morgan fingerprint density at radius 1 is 1.09 bits per heavy atom. The van der Waals surface area contributed by atoms with Crippen LogP contribution < -0.4 is 4.74 Å². The molecule has 33 heavy (non-hydrogen) atoms. The Morgan fingerprint density at radius 2 is 1.76 bits per heavy atom. The van der Waals surface area contributed by atoms with Gasteiger partial charge in [0.2, 0.25) is 0 Å². The van der Waals surface area contributed by atoms with Crippen LogP contribution in [0, 0.1) is 23.3 Å². The average molecular weight is 477 g/mol. The van der Waals surface area contributed by atoms with Gasteiger partial charge in [0, 0.05) is 23.8 Å². The van der Waals surface area contributed by atoms with Crippen LogP contribution in [0.4, 0.5) is 17.6 Å². The van der Waals surface area contributed by atoms with Gasteiger partial charge >= 0.3 is 5.97 Å². The van der Waals surface area contributed by atoms with Crippen LogP contribution in [-0.2, 0) is 11.2 Å². The summed E-state index contributed by atoms with van der Waals surface area (Å²) in [6.45, 7) is 1.86. The molecule has 0 radical (unpaired) electrons. The van der Waals surface area contributed by atoms with Crippen molar-refractivity contribution in [2.45, 2.75) is 23.5 Å². The molecule has 3 rings (SSSR count). The lowest BCUT2D eigenvalue weighted by Crippen LogP contribution is -2.05. The van der Waals surface area contributed by atoms with Gasteiger partial charge in [-0.2, -0.15) is 0 Å². The standard InChI is InChI=1S/C24H19F4NO3S/c1-14(33-24-22(27)16(25)13-17(26)23(24)28)18-7-9-20(19(29-18)8-10-21(30)31)32-12-11-15-5-3-2-4-6-15/h2-10,13-14H,11-12H2,1H3,(H,30,31). The maximum atomic E-state index is 14.0. The smallest absolute Gasteiger partial charge is 0.328 e. The van der Waals surface area contributed by atoms with Crippen LogP contribution in [0.3, 0.4) is 0 Å².